The van der Waals surface area contributed by atoms with Crippen LogP contribution in [-0.4, -0.2) is 60.5 Å². The Hall–Kier alpha value is -3.53. The quantitative estimate of drug-likeness (QED) is 0.617. The fourth-order valence-electron chi connectivity index (χ4n) is 3.22. The molecule has 0 bridgehead atoms. The average Bonchev–Trinajstić information content (AvgIpc) is 2.77. The van der Waals surface area contributed by atoms with Crippen LogP contribution in [0.1, 0.15) is 0 Å². The molecular weight excluding hydrogens is 429 g/mol. The summed E-state index contributed by atoms with van der Waals surface area (Å²) >= 11 is 0. The Labute approximate surface area is 180 Å². The van der Waals surface area contributed by atoms with E-state index in [0.717, 1.165) is 31.9 Å². The molecule has 170 valence electrons. The molecule has 4 rings (SSSR count). The maximum atomic E-state index is 12.3. The standard InChI is InChI=1S/C20H20N2O3.C2HF3O2/c1-21-10-12-22(13-11-21)15-8-6-14(7-9-15)20-19(24)18(23)16-4-2-3-5-17(16)25-20;3-2(4,5)1(6)7/h2-9,24H,10-13H2,1H3;(H,6,7). The van der Waals surface area contributed by atoms with Crippen LogP contribution in [0.15, 0.2) is 57.7 Å². The van der Waals surface area contributed by atoms with E-state index in [0.29, 0.717) is 16.5 Å². The van der Waals surface area contributed by atoms with Crippen LogP contribution in [0.3, 0.4) is 0 Å². The summed E-state index contributed by atoms with van der Waals surface area (Å²) in [5.74, 6) is -2.88. The zero-order valence-electron chi connectivity index (χ0n) is 17.1. The van der Waals surface area contributed by atoms with Crippen molar-refractivity contribution in [2.24, 2.45) is 0 Å². The molecule has 0 atom stereocenters. The molecule has 0 unspecified atom stereocenters. The number of hydrogen-bond donors (Lipinski definition) is 2. The normalized spacial score (nSPS) is 14.7. The number of aromatic hydroxyl groups is 1. The number of fused-ring (bicyclic) bond motifs is 1. The Morgan fingerprint density at radius 3 is 2.12 bits per heavy atom. The fraction of sp³-hybridized carbons (Fsp3) is 0.273. The molecule has 1 saturated heterocycles. The maximum Gasteiger partial charge on any atom is 0.490 e. The number of aliphatic carboxylic acids is 1. The largest absolute Gasteiger partial charge is 0.502 e. The lowest BCUT2D eigenvalue weighted by molar-refractivity contribution is -0.192. The number of halogens is 3. The number of rotatable bonds is 2. The number of piperazine rings is 1. The van der Waals surface area contributed by atoms with E-state index in [1.54, 1.807) is 18.2 Å². The summed E-state index contributed by atoms with van der Waals surface area (Å²) in [4.78, 5) is 25.9. The van der Waals surface area contributed by atoms with Gasteiger partial charge in [0.2, 0.25) is 11.2 Å². The lowest BCUT2D eigenvalue weighted by Gasteiger charge is -2.34. The second-order valence-corrected chi connectivity index (χ2v) is 7.25. The Morgan fingerprint density at radius 2 is 1.56 bits per heavy atom. The van der Waals surface area contributed by atoms with E-state index in [1.807, 2.05) is 30.3 Å². The van der Waals surface area contributed by atoms with E-state index in [-0.39, 0.29) is 11.5 Å². The Bertz CT molecular complexity index is 1150. The van der Waals surface area contributed by atoms with Gasteiger partial charge in [0.25, 0.3) is 0 Å². The molecule has 0 radical (unpaired) electrons. The molecule has 1 aliphatic heterocycles. The van der Waals surface area contributed by atoms with Gasteiger partial charge in [-0.2, -0.15) is 13.2 Å². The van der Waals surface area contributed by atoms with Gasteiger partial charge in [-0.05, 0) is 43.4 Å². The van der Waals surface area contributed by atoms with E-state index in [4.69, 9.17) is 14.3 Å². The van der Waals surface area contributed by atoms with Crippen molar-refractivity contribution >= 4 is 22.6 Å². The Balaban J connectivity index is 0.000000360. The van der Waals surface area contributed by atoms with Gasteiger partial charge in [-0.1, -0.05) is 12.1 Å². The first-order valence-electron chi connectivity index (χ1n) is 9.67. The molecule has 10 heteroatoms. The van der Waals surface area contributed by atoms with E-state index in [1.165, 1.54) is 0 Å². The van der Waals surface area contributed by atoms with E-state index in [2.05, 4.69) is 16.8 Å². The van der Waals surface area contributed by atoms with Gasteiger partial charge in [-0.25, -0.2) is 4.79 Å². The zero-order chi connectivity index (χ0) is 23.5. The molecule has 1 fully saturated rings. The minimum Gasteiger partial charge on any atom is -0.502 e. The number of anilines is 1. The van der Waals surface area contributed by atoms with Gasteiger partial charge >= 0.3 is 12.1 Å². The van der Waals surface area contributed by atoms with Gasteiger partial charge in [0.05, 0.1) is 5.39 Å². The highest BCUT2D eigenvalue weighted by Crippen LogP contribution is 2.31. The number of benzene rings is 2. The van der Waals surface area contributed by atoms with Gasteiger partial charge in [0.1, 0.15) is 5.58 Å². The minimum absolute atomic E-state index is 0.216. The van der Waals surface area contributed by atoms with Crippen molar-refractivity contribution in [1.29, 1.82) is 0 Å². The summed E-state index contributed by atoms with van der Waals surface area (Å²) in [6, 6.07) is 14.7. The highest BCUT2D eigenvalue weighted by molar-refractivity contribution is 5.81. The van der Waals surface area contributed by atoms with E-state index >= 15 is 0 Å². The van der Waals surface area contributed by atoms with Crippen molar-refractivity contribution in [1.82, 2.24) is 4.90 Å². The number of alkyl halides is 3. The molecule has 1 aromatic heterocycles. The second-order valence-electron chi connectivity index (χ2n) is 7.25. The Morgan fingerprint density at radius 1 is 1.00 bits per heavy atom. The van der Waals surface area contributed by atoms with Crippen molar-refractivity contribution < 1.29 is 32.6 Å². The number of carboxylic acids is 1. The molecule has 2 N–H and O–H groups in total. The number of nitrogens with zero attached hydrogens (tertiary/aromatic N) is 2. The van der Waals surface area contributed by atoms with Crippen molar-refractivity contribution in [2.45, 2.75) is 6.18 Å². The lowest BCUT2D eigenvalue weighted by Crippen LogP contribution is -2.44. The van der Waals surface area contributed by atoms with E-state index in [9.17, 15) is 23.1 Å². The second kappa shape index (κ2) is 9.31. The van der Waals surface area contributed by atoms with Crippen LogP contribution in [0.5, 0.6) is 5.75 Å². The van der Waals surface area contributed by atoms with Gasteiger partial charge in [-0.15, -0.1) is 0 Å². The van der Waals surface area contributed by atoms with Gasteiger partial charge in [0.15, 0.2) is 5.76 Å². The highest BCUT2D eigenvalue weighted by atomic mass is 19.4. The number of hydrogen-bond acceptors (Lipinski definition) is 6. The third-order valence-corrected chi connectivity index (χ3v) is 5.01. The first kappa shape index (κ1) is 23.1. The summed E-state index contributed by atoms with van der Waals surface area (Å²) < 4.78 is 37.5. The molecule has 1 aliphatic rings. The van der Waals surface area contributed by atoms with Crippen LogP contribution in [-0.2, 0) is 4.79 Å². The first-order valence-corrected chi connectivity index (χ1v) is 9.67. The highest BCUT2D eigenvalue weighted by Gasteiger charge is 2.38. The molecule has 3 aromatic rings. The molecule has 2 aromatic carbocycles. The average molecular weight is 450 g/mol. The summed E-state index contributed by atoms with van der Waals surface area (Å²) in [6.45, 7) is 4.07. The molecule has 32 heavy (non-hydrogen) atoms. The molecule has 0 aliphatic carbocycles. The van der Waals surface area contributed by atoms with Crippen molar-refractivity contribution in [3.63, 3.8) is 0 Å². The smallest absolute Gasteiger partial charge is 0.490 e. The van der Waals surface area contributed by atoms with Crippen molar-refractivity contribution in [3.05, 3.63) is 58.8 Å². The van der Waals surface area contributed by atoms with Gasteiger partial charge < -0.3 is 24.4 Å². The number of para-hydroxylation sites is 1. The Kier molecular flexibility index (Phi) is 6.73. The van der Waals surface area contributed by atoms with Gasteiger partial charge in [0, 0.05) is 37.4 Å². The molecule has 0 spiro atoms. The topological polar surface area (TPSA) is 94.2 Å². The summed E-state index contributed by atoms with van der Waals surface area (Å²) in [7, 11) is 2.13. The third-order valence-electron chi connectivity index (χ3n) is 5.01. The summed E-state index contributed by atoms with van der Waals surface area (Å²) in [6.07, 6.45) is -5.08. The minimum atomic E-state index is -5.08. The van der Waals surface area contributed by atoms with Crippen molar-refractivity contribution in [2.75, 3.05) is 38.1 Å². The fourth-order valence-corrected chi connectivity index (χ4v) is 3.22. The molecular formula is C22H21F3N2O5. The van der Waals surface area contributed by atoms with Crippen LogP contribution >= 0.6 is 0 Å². The van der Waals surface area contributed by atoms with Crippen molar-refractivity contribution in [3.8, 4) is 17.1 Å². The van der Waals surface area contributed by atoms with E-state index < -0.39 is 17.6 Å². The van der Waals surface area contributed by atoms with Crippen LogP contribution in [0.25, 0.3) is 22.3 Å². The number of carboxylic acid groups (broad SMARTS) is 1. The first-order chi connectivity index (χ1) is 15.1. The SMILES string of the molecule is CN1CCN(c2ccc(-c3oc4ccccc4c(=O)c3O)cc2)CC1.O=C(O)C(F)(F)F. The van der Waals surface area contributed by atoms with Crippen LogP contribution < -0.4 is 10.3 Å². The molecule has 0 saturated carbocycles. The molecule has 7 nitrogen and oxygen atoms in total. The lowest BCUT2D eigenvalue weighted by atomic mass is 10.1. The van der Waals surface area contributed by atoms with Gasteiger partial charge in [-0.3, -0.25) is 4.79 Å². The number of carbonyl (C=O) groups is 1. The summed E-state index contributed by atoms with van der Waals surface area (Å²) in [5, 5.41) is 17.8. The maximum absolute atomic E-state index is 12.3. The monoisotopic (exact) mass is 450 g/mol. The number of likely N-dealkylation sites (N-methyl/N-ethyl adjacent to an activating group) is 1. The van der Waals surface area contributed by atoms with Crippen LogP contribution in [0.4, 0.5) is 18.9 Å². The molecule has 2 heterocycles. The molecule has 0 amide bonds. The van der Waals surface area contributed by atoms with Crippen LogP contribution in [0, 0.1) is 0 Å². The van der Waals surface area contributed by atoms with Crippen LogP contribution in [0.2, 0.25) is 0 Å². The zero-order valence-corrected chi connectivity index (χ0v) is 17.1. The summed E-state index contributed by atoms with van der Waals surface area (Å²) in [5.41, 5.74) is 1.90. The predicted octanol–water partition coefficient (Wildman–Crippen LogP) is 3.55. The third kappa shape index (κ3) is 5.20. The predicted molar refractivity (Wildman–Crippen MR) is 113 cm³/mol.